The number of amides is 1. The van der Waals surface area contributed by atoms with Gasteiger partial charge in [-0.3, -0.25) is 4.79 Å². The molecule has 1 heterocycles. The van der Waals surface area contributed by atoms with Gasteiger partial charge in [0.15, 0.2) is 0 Å². The molecule has 110 valence electrons. The monoisotopic (exact) mass is 287 g/mol. The van der Waals surface area contributed by atoms with E-state index < -0.39 is 5.91 Å². The van der Waals surface area contributed by atoms with Crippen molar-refractivity contribution in [1.82, 2.24) is 5.32 Å². The van der Waals surface area contributed by atoms with Crippen LogP contribution in [0, 0.1) is 18.7 Å². The molecule has 0 bridgehead atoms. The second-order valence-electron chi connectivity index (χ2n) is 5.58. The fourth-order valence-corrected chi connectivity index (χ4v) is 2.60. The van der Waals surface area contributed by atoms with Crippen molar-refractivity contribution in [3.63, 3.8) is 0 Å². The highest BCUT2D eigenvalue weighted by Crippen LogP contribution is 2.41. The van der Waals surface area contributed by atoms with Crippen molar-refractivity contribution in [1.29, 1.82) is 0 Å². The molecule has 1 fully saturated rings. The van der Waals surface area contributed by atoms with Crippen molar-refractivity contribution in [2.24, 2.45) is 11.7 Å². The van der Waals surface area contributed by atoms with Gasteiger partial charge in [0.05, 0.1) is 17.8 Å². The summed E-state index contributed by atoms with van der Waals surface area (Å²) < 4.78 is 14.0. The Morgan fingerprint density at radius 3 is 2.81 bits per heavy atom. The number of hydrogen-bond donors (Lipinski definition) is 3. The summed E-state index contributed by atoms with van der Waals surface area (Å²) in [5.74, 6) is -0.418. The summed E-state index contributed by atoms with van der Waals surface area (Å²) in [6.07, 6.45) is 3.99. The van der Waals surface area contributed by atoms with Crippen LogP contribution >= 0.6 is 0 Å². The van der Waals surface area contributed by atoms with Crippen LogP contribution in [0.2, 0.25) is 0 Å². The smallest absolute Gasteiger partial charge is 0.250 e. The summed E-state index contributed by atoms with van der Waals surface area (Å²) >= 11 is 0. The zero-order valence-corrected chi connectivity index (χ0v) is 11.9. The molecule has 1 aliphatic heterocycles. The molecule has 1 saturated carbocycles. The fraction of sp³-hybridized carbons (Fsp3) is 0.312. The number of rotatable bonds is 4. The first-order valence-electron chi connectivity index (χ1n) is 7.06. The van der Waals surface area contributed by atoms with E-state index in [9.17, 15) is 9.18 Å². The summed E-state index contributed by atoms with van der Waals surface area (Å²) in [6.45, 7) is 2.26. The third-order valence-corrected chi connectivity index (χ3v) is 3.80. The van der Waals surface area contributed by atoms with Crippen molar-refractivity contribution in [3.8, 4) is 0 Å². The Balaban J connectivity index is 1.95. The molecule has 5 heteroatoms. The number of nitrogens with two attached hydrogens (primary N) is 1. The number of dihydropyridines is 1. The first kappa shape index (κ1) is 13.7. The third-order valence-electron chi connectivity index (χ3n) is 3.80. The van der Waals surface area contributed by atoms with Crippen molar-refractivity contribution in [2.75, 3.05) is 11.9 Å². The SMILES string of the molecule is Cc1ccc(NC2=C(C(N)=O)C(C3CC3)=CNC2)c(F)c1. The number of anilines is 1. The zero-order chi connectivity index (χ0) is 15.0. The van der Waals surface area contributed by atoms with E-state index in [0.29, 0.717) is 29.4 Å². The summed E-state index contributed by atoms with van der Waals surface area (Å²) in [5.41, 5.74) is 8.80. The van der Waals surface area contributed by atoms with Gasteiger partial charge in [0, 0.05) is 11.9 Å². The molecule has 0 unspecified atom stereocenters. The summed E-state index contributed by atoms with van der Waals surface area (Å²) in [4.78, 5) is 11.8. The minimum Gasteiger partial charge on any atom is -0.385 e. The van der Waals surface area contributed by atoms with Gasteiger partial charge in [-0.25, -0.2) is 4.39 Å². The maximum absolute atomic E-state index is 14.0. The standard InChI is InChI=1S/C16H18FN3O/c1-9-2-5-13(12(17)6-9)20-14-8-19-7-11(10-3-4-10)15(14)16(18)21/h2,5-7,10,19-20H,3-4,8H2,1H3,(H2,18,21). The second-order valence-corrected chi connectivity index (χ2v) is 5.58. The van der Waals surface area contributed by atoms with Crippen LogP contribution in [0.5, 0.6) is 0 Å². The van der Waals surface area contributed by atoms with Crippen molar-refractivity contribution in [3.05, 3.63) is 52.6 Å². The van der Waals surface area contributed by atoms with Gasteiger partial charge in [-0.05, 0) is 49.0 Å². The van der Waals surface area contributed by atoms with Gasteiger partial charge < -0.3 is 16.4 Å². The van der Waals surface area contributed by atoms with E-state index in [1.165, 1.54) is 6.07 Å². The third kappa shape index (κ3) is 2.77. The molecule has 4 nitrogen and oxygen atoms in total. The van der Waals surface area contributed by atoms with Gasteiger partial charge in [0.25, 0.3) is 5.91 Å². The highest BCUT2D eigenvalue weighted by Gasteiger charge is 2.33. The second kappa shape index (κ2) is 5.24. The van der Waals surface area contributed by atoms with Gasteiger partial charge >= 0.3 is 0 Å². The van der Waals surface area contributed by atoms with Crippen molar-refractivity contribution < 1.29 is 9.18 Å². The minimum atomic E-state index is -0.468. The number of hydrogen-bond acceptors (Lipinski definition) is 3. The van der Waals surface area contributed by atoms with E-state index in [0.717, 1.165) is 24.0 Å². The lowest BCUT2D eigenvalue weighted by Crippen LogP contribution is -2.30. The Kier molecular flexibility index (Phi) is 3.41. The van der Waals surface area contributed by atoms with Crippen molar-refractivity contribution in [2.45, 2.75) is 19.8 Å². The molecule has 0 radical (unpaired) electrons. The average Bonchev–Trinajstić information content (AvgIpc) is 3.26. The Labute approximate surface area is 122 Å². The normalized spacial score (nSPS) is 18.1. The number of carbonyl (C=O) groups is 1. The summed E-state index contributed by atoms with van der Waals surface area (Å²) in [7, 11) is 0. The predicted octanol–water partition coefficient (Wildman–Crippen LogP) is 2.18. The highest BCUT2D eigenvalue weighted by atomic mass is 19.1. The van der Waals surface area contributed by atoms with Crippen LogP contribution in [0.25, 0.3) is 0 Å². The number of nitrogens with one attached hydrogen (secondary N) is 2. The topological polar surface area (TPSA) is 67.1 Å². The van der Waals surface area contributed by atoms with Crippen LogP contribution in [0.15, 0.2) is 41.2 Å². The van der Waals surface area contributed by atoms with Gasteiger partial charge in [-0.1, -0.05) is 6.07 Å². The first-order valence-corrected chi connectivity index (χ1v) is 7.06. The molecule has 21 heavy (non-hydrogen) atoms. The lowest BCUT2D eigenvalue weighted by atomic mass is 9.97. The van der Waals surface area contributed by atoms with E-state index in [1.54, 1.807) is 6.07 Å². The van der Waals surface area contributed by atoms with Crippen LogP contribution in [-0.2, 0) is 4.79 Å². The number of aryl methyl sites for hydroxylation is 1. The lowest BCUT2D eigenvalue weighted by molar-refractivity contribution is -0.114. The summed E-state index contributed by atoms with van der Waals surface area (Å²) in [6, 6.07) is 4.95. The van der Waals surface area contributed by atoms with Gasteiger partial charge in [-0.15, -0.1) is 0 Å². The highest BCUT2D eigenvalue weighted by molar-refractivity contribution is 5.98. The Hall–Kier alpha value is -2.30. The molecule has 1 aromatic rings. The molecule has 1 aliphatic carbocycles. The predicted molar refractivity (Wildman–Crippen MR) is 79.8 cm³/mol. The fourth-order valence-electron chi connectivity index (χ4n) is 2.60. The average molecular weight is 287 g/mol. The quantitative estimate of drug-likeness (QED) is 0.795. The molecule has 0 saturated heterocycles. The Morgan fingerprint density at radius 2 is 2.19 bits per heavy atom. The van der Waals surface area contributed by atoms with Crippen LogP contribution in [-0.4, -0.2) is 12.5 Å². The van der Waals surface area contributed by atoms with E-state index in [2.05, 4.69) is 10.6 Å². The maximum Gasteiger partial charge on any atom is 0.250 e. The molecule has 3 rings (SSSR count). The first-order chi connectivity index (χ1) is 10.1. The molecule has 1 amide bonds. The van der Waals surface area contributed by atoms with Gasteiger partial charge in [0.1, 0.15) is 5.82 Å². The molecule has 0 spiro atoms. The molecule has 2 aliphatic rings. The Bertz CT molecular complexity index is 659. The minimum absolute atomic E-state index is 0.339. The summed E-state index contributed by atoms with van der Waals surface area (Å²) in [5, 5.41) is 6.15. The molecular weight excluding hydrogens is 269 g/mol. The molecule has 0 aromatic heterocycles. The van der Waals surface area contributed by atoms with Crippen LogP contribution < -0.4 is 16.4 Å². The number of carbonyl (C=O) groups excluding carboxylic acids is 1. The van der Waals surface area contributed by atoms with Crippen LogP contribution in [0.3, 0.4) is 0 Å². The molecular formula is C16H18FN3O. The lowest BCUT2D eigenvalue weighted by Gasteiger charge is -2.22. The zero-order valence-electron chi connectivity index (χ0n) is 11.9. The van der Waals surface area contributed by atoms with E-state index in [-0.39, 0.29) is 5.82 Å². The van der Waals surface area contributed by atoms with Crippen molar-refractivity contribution >= 4 is 11.6 Å². The largest absolute Gasteiger partial charge is 0.385 e. The number of halogens is 1. The van der Waals surface area contributed by atoms with Gasteiger partial charge in [-0.2, -0.15) is 0 Å². The van der Waals surface area contributed by atoms with Gasteiger partial charge in [0.2, 0.25) is 0 Å². The van der Waals surface area contributed by atoms with Crippen LogP contribution in [0.1, 0.15) is 18.4 Å². The molecule has 0 atom stereocenters. The van der Waals surface area contributed by atoms with E-state index in [1.807, 2.05) is 19.2 Å². The molecule has 4 N–H and O–H groups in total. The number of primary amides is 1. The number of benzene rings is 1. The van der Waals surface area contributed by atoms with E-state index in [4.69, 9.17) is 5.73 Å². The van der Waals surface area contributed by atoms with Crippen LogP contribution in [0.4, 0.5) is 10.1 Å². The van der Waals surface area contributed by atoms with E-state index >= 15 is 0 Å². The Morgan fingerprint density at radius 1 is 1.43 bits per heavy atom. The maximum atomic E-state index is 14.0. The molecule has 1 aromatic carbocycles.